The Bertz CT molecular complexity index is 590. The molecule has 0 atom stereocenters. The Morgan fingerprint density at radius 1 is 1.25 bits per heavy atom. The molecule has 1 heterocycles. The maximum absolute atomic E-state index is 8.93. The van der Waals surface area contributed by atoms with E-state index < -0.39 is 0 Å². The highest BCUT2D eigenvalue weighted by Gasteiger charge is 2.04. The molecule has 2 aromatic rings. The van der Waals surface area contributed by atoms with E-state index in [2.05, 4.69) is 16.4 Å². The van der Waals surface area contributed by atoms with Gasteiger partial charge in [0.25, 0.3) is 0 Å². The summed E-state index contributed by atoms with van der Waals surface area (Å²) in [5.74, 6) is 0.806. The summed E-state index contributed by atoms with van der Waals surface area (Å²) in [6.45, 7) is 1.55. The van der Waals surface area contributed by atoms with Gasteiger partial charge in [-0.05, 0) is 48.9 Å². The Kier molecular flexibility index (Phi) is 5.10. The topological polar surface area (TPSA) is 57.9 Å². The van der Waals surface area contributed by atoms with Gasteiger partial charge in [-0.15, -0.1) is 0 Å². The Labute approximate surface area is 119 Å². The van der Waals surface area contributed by atoms with Gasteiger partial charge in [0.05, 0.1) is 18.7 Å². The summed E-state index contributed by atoms with van der Waals surface area (Å²) >= 11 is 0. The molecule has 102 valence electrons. The summed E-state index contributed by atoms with van der Waals surface area (Å²) in [7, 11) is 1.64. The molecule has 2 rings (SSSR count). The van der Waals surface area contributed by atoms with Gasteiger partial charge < -0.3 is 10.1 Å². The lowest BCUT2D eigenvalue weighted by molar-refractivity contribution is 0.407. The van der Waals surface area contributed by atoms with Crippen molar-refractivity contribution in [2.45, 2.75) is 13.0 Å². The quantitative estimate of drug-likeness (QED) is 0.816. The monoisotopic (exact) mass is 267 g/mol. The van der Waals surface area contributed by atoms with Crippen molar-refractivity contribution in [1.29, 1.82) is 5.26 Å². The first-order valence-corrected chi connectivity index (χ1v) is 6.50. The van der Waals surface area contributed by atoms with E-state index in [4.69, 9.17) is 10.00 Å². The molecule has 0 amide bonds. The molecule has 0 bridgehead atoms. The number of hydrogen-bond acceptors (Lipinski definition) is 4. The van der Waals surface area contributed by atoms with Crippen LogP contribution >= 0.6 is 0 Å². The highest BCUT2D eigenvalue weighted by atomic mass is 16.5. The second-order valence-electron chi connectivity index (χ2n) is 4.42. The molecule has 0 fully saturated rings. The van der Waals surface area contributed by atoms with Gasteiger partial charge in [0, 0.05) is 24.5 Å². The molecule has 0 radical (unpaired) electrons. The molecule has 1 N–H and O–H groups in total. The van der Waals surface area contributed by atoms with Crippen molar-refractivity contribution in [2.24, 2.45) is 0 Å². The summed E-state index contributed by atoms with van der Waals surface area (Å²) in [5, 5.41) is 12.3. The second kappa shape index (κ2) is 7.27. The highest BCUT2D eigenvalue weighted by molar-refractivity contribution is 5.41. The minimum absolute atomic E-state index is 0.650. The van der Waals surface area contributed by atoms with Crippen LogP contribution in [0, 0.1) is 11.3 Å². The molecule has 0 aliphatic rings. The normalized spacial score (nSPS) is 10.0. The van der Waals surface area contributed by atoms with Gasteiger partial charge in [-0.3, -0.25) is 4.98 Å². The van der Waals surface area contributed by atoms with Crippen LogP contribution in [0.1, 0.15) is 16.7 Å². The lowest BCUT2D eigenvalue weighted by Gasteiger charge is -2.10. The number of nitriles is 1. The number of nitrogens with one attached hydrogen (secondary N) is 1. The first-order valence-electron chi connectivity index (χ1n) is 6.50. The van der Waals surface area contributed by atoms with E-state index in [1.54, 1.807) is 25.6 Å². The van der Waals surface area contributed by atoms with Gasteiger partial charge in [-0.1, -0.05) is 0 Å². The number of methoxy groups -OCH3 is 1. The summed E-state index contributed by atoms with van der Waals surface area (Å²) < 4.78 is 5.30. The van der Waals surface area contributed by atoms with Crippen LogP contribution in [0.5, 0.6) is 5.75 Å². The first-order chi connectivity index (χ1) is 9.83. The van der Waals surface area contributed by atoms with Crippen molar-refractivity contribution in [3.8, 4) is 11.8 Å². The van der Waals surface area contributed by atoms with E-state index in [0.717, 1.165) is 24.3 Å². The van der Waals surface area contributed by atoms with E-state index >= 15 is 0 Å². The number of aromatic nitrogens is 1. The molecular weight excluding hydrogens is 250 g/mol. The predicted octanol–water partition coefficient (Wildman–Crippen LogP) is 2.29. The van der Waals surface area contributed by atoms with E-state index in [0.29, 0.717) is 12.1 Å². The maximum atomic E-state index is 8.93. The Morgan fingerprint density at radius 3 is 2.75 bits per heavy atom. The van der Waals surface area contributed by atoms with Gasteiger partial charge in [0.1, 0.15) is 5.75 Å². The van der Waals surface area contributed by atoms with E-state index in [9.17, 15) is 0 Å². The largest absolute Gasteiger partial charge is 0.496 e. The molecule has 0 aliphatic carbocycles. The number of hydrogen-bond donors (Lipinski definition) is 1. The molecule has 0 aliphatic heterocycles. The minimum atomic E-state index is 0.650. The predicted molar refractivity (Wildman–Crippen MR) is 77.4 cm³/mol. The third-order valence-electron chi connectivity index (χ3n) is 3.06. The summed E-state index contributed by atoms with van der Waals surface area (Å²) in [5.41, 5.74) is 2.91. The third-order valence-corrected chi connectivity index (χ3v) is 3.06. The zero-order chi connectivity index (χ0) is 14.2. The van der Waals surface area contributed by atoms with Gasteiger partial charge in [0.15, 0.2) is 0 Å². The molecule has 20 heavy (non-hydrogen) atoms. The van der Waals surface area contributed by atoms with Crippen molar-refractivity contribution in [2.75, 3.05) is 13.7 Å². The fourth-order valence-electron chi connectivity index (χ4n) is 1.99. The summed E-state index contributed by atoms with van der Waals surface area (Å²) in [4.78, 5) is 4.00. The average molecular weight is 267 g/mol. The molecule has 0 saturated heterocycles. The average Bonchev–Trinajstić information content (AvgIpc) is 2.52. The van der Waals surface area contributed by atoms with Crippen LogP contribution in [-0.4, -0.2) is 18.6 Å². The van der Waals surface area contributed by atoms with Crippen LogP contribution in [-0.2, 0) is 13.0 Å². The second-order valence-corrected chi connectivity index (χ2v) is 4.42. The van der Waals surface area contributed by atoms with Gasteiger partial charge in [-0.2, -0.15) is 5.26 Å². The smallest absolute Gasteiger partial charge is 0.123 e. The highest BCUT2D eigenvalue weighted by Crippen LogP contribution is 2.19. The summed E-state index contributed by atoms with van der Waals surface area (Å²) in [6, 6.07) is 11.6. The number of pyridine rings is 1. The number of benzene rings is 1. The number of nitrogens with zero attached hydrogens (tertiary/aromatic N) is 2. The third kappa shape index (κ3) is 3.81. The number of ether oxygens (including phenoxy) is 1. The molecule has 4 heteroatoms. The Morgan fingerprint density at radius 2 is 2.05 bits per heavy atom. The molecule has 0 spiro atoms. The van der Waals surface area contributed by atoms with Crippen molar-refractivity contribution < 1.29 is 4.74 Å². The SMILES string of the molecule is COc1ccc(C#N)cc1CNCCc1ccncc1. The van der Waals surface area contributed by atoms with E-state index in [-0.39, 0.29) is 0 Å². The zero-order valence-electron chi connectivity index (χ0n) is 11.5. The fraction of sp³-hybridized carbons (Fsp3) is 0.250. The molecule has 1 aromatic heterocycles. The zero-order valence-corrected chi connectivity index (χ0v) is 11.5. The summed E-state index contributed by atoms with van der Waals surface area (Å²) in [6.07, 6.45) is 4.55. The van der Waals surface area contributed by atoms with Gasteiger partial charge in [0.2, 0.25) is 0 Å². The van der Waals surface area contributed by atoms with Crippen LogP contribution in [0.3, 0.4) is 0 Å². The van der Waals surface area contributed by atoms with Crippen LogP contribution in [0.2, 0.25) is 0 Å². The van der Waals surface area contributed by atoms with E-state index in [1.807, 2.05) is 24.3 Å². The standard InChI is InChI=1S/C16H17N3O/c1-20-16-3-2-14(11-17)10-15(16)12-19-9-6-13-4-7-18-8-5-13/h2-5,7-8,10,19H,6,9,12H2,1H3. The van der Waals surface area contributed by atoms with Crippen LogP contribution < -0.4 is 10.1 Å². The fourth-order valence-corrected chi connectivity index (χ4v) is 1.99. The maximum Gasteiger partial charge on any atom is 0.123 e. The van der Waals surface area contributed by atoms with Crippen molar-refractivity contribution in [3.63, 3.8) is 0 Å². The molecule has 0 saturated carbocycles. The Hall–Kier alpha value is -2.38. The molecule has 1 aromatic carbocycles. The van der Waals surface area contributed by atoms with Crippen molar-refractivity contribution in [1.82, 2.24) is 10.3 Å². The van der Waals surface area contributed by atoms with Crippen molar-refractivity contribution in [3.05, 3.63) is 59.4 Å². The molecule has 0 unspecified atom stereocenters. The molecular formula is C16H17N3O. The van der Waals surface area contributed by atoms with Crippen LogP contribution in [0.4, 0.5) is 0 Å². The Balaban J connectivity index is 1.89. The first kappa shape index (κ1) is 14.0. The van der Waals surface area contributed by atoms with Gasteiger partial charge in [-0.25, -0.2) is 0 Å². The van der Waals surface area contributed by atoms with Crippen LogP contribution in [0.15, 0.2) is 42.7 Å². The van der Waals surface area contributed by atoms with Gasteiger partial charge >= 0.3 is 0 Å². The lowest BCUT2D eigenvalue weighted by Crippen LogP contribution is -2.17. The van der Waals surface area contributed by atoms with E-state index in [1.165, 1.54) is 5.56 Å². The van der Waals surface area contributed by atoms with Crippen LogP contribution in [0.25, 0.3) is 0 Å². The molecule has 4 nitrogen and oxygen atoms in total. The van der Waals surface area contributed by atoms with Crippen molar-refractivity contribution >= 4 is 0 Å². The number of rotatable bonds is 6. The lowest BCUT2D eigenvalue weighted by atomic mass is 10.1. The minimum Gasteiger partial charge on any atom is -0.496 e.